The first-order chi connectivity index (χ1) is 8.17. The lowest BCUT2D eigenvalue weighted by atomic mass is 10.1. The van der Waals surface area contributed by atoms with Gasteiger partial charge in [0.1, 0.15) is 0 Å². The standard InChI is InChI=1S/C12H14N2O3/c1-17-12(16)8-14-7-11(15)10-4-2-9(6-13)3-5-10/h2-5,11,14-15H,7-8H2,1H3. The third-order valence-corrected chi connectivity index (χ3v) is 2.26. The molecule has 0 aliphatic heterocycles. The van der Waals surface area contributed by atoms with Gasteiger partial charge in [-0.2, -0.15) is 5.26 Å². The van der Waals surface area contributed by atoms with Crippen LogP contribution in [0.3, 0.4) is 0 Å². The highest BCUT2D eigenvalue weighted by Gasteiger charge is 2.08. The van der Waals surface area contributed by atoms with Crippen LogP contribution in [0.5, 0.6) is 0 Å². The van der Waals surface area contributed by atoms with Crippen molar-refractivity contribution in [1.29, 1.82) is 5.26 Å². The van der Waals surface area contributed by atoms with Gasteiger partial charge >= 0.3 is 5.97 Å². The van der Waals surface area contributed by atoms with Crippen LogP contribution in [0.15, 0.2) is 24.3 Å². The van der Waals surface area contributed by atoms with Crippen molar-refractivity contribution in [3.63, 3.8) is 0 Å². The molecule has 0 aromatic heterocycles. The molecule has 1 unspecified atom stereocenters. The van der Waals surface area contributed by atoms with E-state index in [4.69, 9.17) is 5.26 Å². The van der Waals surface area contributed by atoms with E-state index >= 15 is 0 Å². The number of nitrogens with zero attached hydrogens (tertiary/aromatic N) is 1. The third-order valence-electron chi connectivity index (χ3n) is 2.26. The van der Waals surface area contributed by atoms with Crippen LogP contribution in [0.4, 0.5) is 0 Å². The summed E-state index contributed by atoms with van der Waals surface area (Å²) in [5, 5.41) is 21.2. The Hall–Kier alpha value is -1.90. The number of aliphatic hydroxyl groups is 1. The fourth-order valence-electron chi connectivity index (χ4n) is 1.28. The van der Waals surface area contributed by atoms with E-state index in [1.807, 2.05) is 6.07 Å². The minimum atomic E-state index is -0.715. The van der Waals surface area contributed by atoms with Crippen LogP contribution in [-0.4, -0.2) is 31.3 Å². The number of methoxy groups -OCH3 is 1. The second kappa shape index (κ2) is 6.63. The topological polar surface area (TPSA) is 82.3 Å². The van der Waals surface area contributed by atoms with E-state index in [0.717, 1.165) is 0 Å². The van der Waals surface area contributed by atoms with Crippen LogP contribution in [-0.2, 0) is 9.53 Å². The van der Waals surface area contributed by atoms with Crippen LogP contribution >= 0.6 is 0 Å². The zero-order valence-corrected chi connectivity index (χ0v) is 9.51. The predicted octanol–water partition coefficient (Wildman–Crippen LogP) is 0.354. The molecule has 0 amide bonds. The number of hydrogen-bond donors (Lipinski definition) is 2. The van der Waals surface area contributed by atoms with Crippen LogP contribution < -0.4 is 5.32 Å². The van der Waals surface area contributed by atoms with Crippen molar-refractivity contribution in [3.8, 4) is 6.07 Å². The number of nitriles is 1. The van der Waals surface area contributed by atoms with Crippen molar-refractivity contribution < 1.29 is 14.6 Å². The number of ether oxygens (including phenoxy) is 1. The average Bonchev–Trinajstić information content (AvgIpc) is 2.38. The summed E-state index contributed by atoms with van der Waals surface area (Å²) in [6.07, 6.45) is -0.715. The number of benzene rings is 1. The van der Waals surface area contributed by atoms with Gasteiger partial charge in [-0.25, -0.2) is 0 Å². The highest BCUT2D eigenvalue weighted by atomic mass is 16.5. The smallest absolute Gasteiger partial charge is 0.319 e. The lowest BCUT2D eigenvalue weighted by Crippen LogP contribution is -2.28. The average molecular weight is 234 g/mol. The monoisotopic (exact) mass is 234 g/mol. The molecule has 5 nitrogen and oxygen atoms in total. The Bertz CT molecular complexity index is 409. The molecule has 0 radical (unpaired) electrons. The molecule has 5 heteroatoms. The molecule has 0 saturated carbocycles. The summed E-state index contributed by atoms with van der Waals surface area (Å²) in [6, 6.07) is 8.64. The second-order valence-electron chi connectivity index (χ2n) is 3.46. The largest absolute Gasteiger partial charge is 0.468 e. The van der Waals surface area contributed by atoms with Gasteiger partial charge in [0.05, 0.1) is 31.4 Å². The molecular weight excluding hydrogens is 220 g/mol. The Morgan fingerprint density at radius 2 is 2.18 bits per heavy atom. The first-order valence-electron chi connectivity index (χ1n) is 5.13. The van der Waals surface area contributed by atoms with Crippen LogP contribution in [0.25, 0.3) is 0 Å². The van der Waals surface area contributed by atoms with Gasteiger partial charge in [-0.15, -0.1) is 0 Å². The molecule has 0 fully saturated rings. The van der Waals surface area contributed by atoms with E-state index in [0.29, 0.717) is 11.1 Å². The summed E-state index contributed by atoms with van der Waals surface area (Å²) < 4.78 is 4.45. The van der Waals surface area contributed by atoms with Gasteiger partial charge in [-0.05, 0) is 17.7 Å². The maximum Gasteiger partial charge on any atom is 0.319 e. The first kappa shape index (κ1) is 13.2. The number of carbonyl (C=O) groups is 1. The van der Waals surface area contributed by atoms with Crippen molar-refractivity contribution in [2.45, 2.75) is 6.10 Å². The number of hydrogen-bond acceptors (Lipinski definition) is 5. The van der Waals surface area contributed by atoms with Gasteiger partial charge < -0.3 is 15.2 Å². The van der Waals surface area contributed by atoms with Gasteiger partial charge in [-0.3, -0.25) is 4.79 Å². The first-order valence-corrected chi connectivity index (χ1v) is 5.13. The van der Waals surface area contributed by atoms with Crippen molar-refractivity contribution in [2.24, 2.45) is 0 Å². The Morgan fingerprint density at radius 3 is 2.71 bits per heavy atom. The third kappa shape index (κ3) is 4.23. The lowest BCUT2D eigenvalue weighted by molar-refractivity contribution is -0.139. The molecule has 0 saturated heterocycles. The highest BCUT2D eigenvalue weighted by molar-refractivity contribution is 5.71. The lowest BCUT2D eigenvalue weighted by Gasteiger charge is -2.11. The molecule has 1 aromatic rings. The van der Waals surface area contributed by atoms with Crippen LogP contribution in [0.1, 0.15) is 17.2 Å². The molecule has 0 aliphatic carbocycles. The number of esters is 1. The molecule has 17 heavy (non-hydrogen) atoms. The van der Waals surface area contributed by atoms with Crippen molar-refractivity contribution in [1.82, 2.24) is 5.32 Å². The highest BCUT2D eigenvalue weighted by Crippen LogP contribution is 2.12. The molecule has 1 aromatic carbocycles. The summed E-state index contributed by atoms with van der Waals surface area (Å²) in [5.41, 5.74) is 1.24. The normalized spacial score (nSPS) is 11.6. The van der Waals surface area contributed by atoms with E-state index in [-0.39, 0.29) is 19.1 Å². The predicted molar refractivity (Wildman–Crippen MR) is 61.0 cm³/mol. The zero-order valence-electron chi connectivity index (χ0n) is 9.51. The quantitative estimate of drug-likeness (QED) is 0.718. The van der Waals surface area contributed by atoms with Gasteiger partial charge in [0, 0.05) is 6.54 Å². The molecule has 0 aliphatic rings. The molecule has 0 bridgehead atoms. The number of nitrogens with one attached hydrogen (secondary N) is 1. The molecule has 1 rings (SSSR count). The Morgan fingerprint density at radius 1 is 1.53 bits per heavy atom. The summed E-state index contributed by atoms with van der Waals surface area (Å²) in [6.45, 7) is 0.310. The zero-order chi connectivity index (χ0) is 12.7. The molecule has 2 N–H and O–H groups in total. The SMILES string of the molecule is COC(=O)CNCC(O)c1ccc(C#N)cc1. The summed E-state index contributed by atoms with van der Waals surface area (Å²) in [5.74, 6) is -0.378. The van der Waals surface area contributed by atoms with E-state index < -0.39 is 6.10 Å². The van der Waals surface area contributed by atoms with E-state index in [2.05, 4.69) is 10.1 Å². The number of carbonyl (C=O) groups excluding carboxylic acids is 1. The Kier molecular flexibility index (Phi) is 5.14. The maximum atomic E-state index is 10.8. The molecule has 90 valence electrons. The van der Waals surface area contributed by atoms with E-state index in [1.54, 1.807) is 24.3 Å². The van der Waals surface area contributed by atoms with Gasteiger partial charge in [-0.1, -0.05) is 12.1 Å². The van der Waals surface area contributed by atoms with Crippen LogP contribution in [0, 0.1) is 11.3 Å². The van der Waals surface area contributed by atoms with Gasteiger partial charge in [0.25, 0.3) is 0 Å². The van der Waals surface area contributed by atoms with Gasteiger partial charge in [0.2, 0.25) is 0 Å². The molecule has 0 heterocycles. The van der Waals surface area contributed by atoms with Crippen LogP contribution in [0.2, 0.25) is 0 Å². The molecule has 1 atom stereocenters. The molecular formula is C12H14N2O3. The van der Waals surface area contributed by atoms with E-state index in [9.17, 15) is 9.90 Å². The second-order valence-corrected chi connectivity index (χ2v) is 3.46. The Labute approximate surface area is 99.6 Å². The number of rotatable bonds is 5. The summed E-state index contributed by atoms with van der Waals surface area (Å²) in [7, 11) is 1.31. The fourth-order valence-corrected chi connectivity index (χ4v) is 1.28. The van der Waals surface area contributed by atoms with E-state index in [1.165, 1.54) is 7.11 Å². The van der Waals surface area contributed by atoms with Crippen molar-refractivity contribution in [3.05, 3.63) is 35.4 Å². The number of aliphatic hydroxyl groups excluding tert-OH is 1. The van der Waals surface area contributed by atoms with Crippen molar-refractivity contribution in [2.75, 3.05) is 20.2 Å². The summed E-state index contributed by atoms with van der Waals surface area (Å²) in [4.78, 5) is 10.8. The van der Waals surface area contributed by atoms with Crippen molar-refractivity contribution >= 4 is 5.97 Å². The maximum absolute atomic E-state index is 10.8. The fraction of sp³-hybridized carbons (Fsp3) is 0.333. The Balaban J connectivity index is 2.44. The molecule has 0 spiro atoms. The van der Waals surface area contributed by atoms with Gasteiger partial charge in [0.15, 0.2) is 0 Å². The summed E-state index contributed by atoms with van der Waals surface area (Å²) >= 11 is 0. The minimum absolute atomic E-state index is 0.0594. The minimum Gasteiger partial charge on any atom is -0.468 e.